The zero-order chi connectivity index (χ0) is 13.3. The Hall–Kier alpha value is -1.96. The lowest BCUT2D eigenvalue weighted by Crippen LogP contribution is -2.23. The number of hydrogen-bond donors (Lipinski definition) is 0. The fourth-order valence-electron chi connectivity index (χ4n) is 1.47. The monoisotopic (exact) mass is 312 g/mol. The van der Waals surface area contributed by atoms with Crippen LogP contribution in [0.5, 0.6) is 0 Å². The maximum absolute atomic E-state index is 11.6. The molecule has 0 saturated heterocycles. The van der Waals surface area contributed by atoms with Crippen LogP contribution in [0.4, 0.5) is 5.69 Å². The second-order valence-electron chi connectivity index (χ2n) is 3.71. The zero-order valence-electron chi connectivity index (χ0n) is 9.41. The standard InChI is InChI=1S/C10H9BrN4O3/c1-13-6-12-14(10(13)16)5-7-2-3-8(15(17)18)4-9(7)11/h2-4,6H,5H2,1H3. The van der Waals surface area contributed by atoms with Crippen LogP contribution in [-0.2, 0) is 13.6 Å². The van der Waals surface area contributed by atoms with E-state index in [2.05, 4.69) is 21.0 Å². The normalized spacial score (nSPS) is 10.6. The maximum atomic E-state index is 11.6. The summed E-state index contributed by atoms with van der Waals surface area (Å²) in [5, 5.41) is 14.5. The van der Waals surface area contributed by atoms with Crippen molar-refractivity contribution in [3.63, 3.8) is 0 Å². The molecule has 2 rings (SSSR count). The van der Waals surface area contributed by atoms with E-state index in [0.717, 1.165) is 5.56 Å². The molecule has 0 radical (unpaired) electrons. The van der Waals surface area contributed by atoms with E-state index in [1.54, 1.807) is 13.1 Å². The Morgan fingerprint density at radius 2 is 2.22 bits per heavy atom. The smallest absolute Gasteiger partial charge is 0.285 e. The molecule has 0 unspecified atom stereocenters. The van der Waals surface area contributed by atoms with Crippen molar-refractivity contribution in [3.05, 3.63) is 55.2 Å². The largest absolute Gasteiger partial charge is 0.345 e. The first-order valence-electron chi connectivity index (χ1n) is 5.00. The third-order valence-electron chi connectivity index (χ3n) is 2.45. The second kappa shape index (κ2) is 4.73. The minimum atomic E-state index is -0.471. The molecule has 0 aliphatic heterocycles. The summed E-state index contributed by atoms with van der Waals surface area (Å²) < 4.78 is 3.22. The molecule has 2 aromatic rings. The molecule has 0 atom stereocenters. The molecule has 1 heterocycles. The van der Waals surface area contributed by atoms with Crippen LogP contribution in [0.2, 0.25) is 0 Å². The molecule has 0 amide bonds. The molecule has 94 valence electrons. The lowest BCUT2D eigenvalue weighted by Gasteiger charge is -2.03. The van der Waals surface area contributed by atoms with E-state index in [4.69, 9.17) is 0 Å². The molecule has 8 heteroatoms. The molecule has 1 aromatic heterocycles. The summed E-state index contributed by atoms with van der Waals surface area (Å²) in [6, 6.07) is 4.40. The highest BCUT2D eigenvalue weighted by atomic mass is 79.9. The van der Waals surface area contributed by atoms with Crippen LogP contribution >= 0.6 is 15.9 Å². The Kier molecular flexibility index (Phi) is 3.28. The highest BCUT2D eigenvalue weighted by Gasteiger charge is 2.11. The third-order valence-corrected chi connectivity index (χ3v) is 3.19. The zero-order valence-corrected chi connectivity index (χ0v) is 11.0. The molecule has 0 fully saturated rings. The van der Waals surface area contributed by atoms with Gasteiger partial charge in [0.05, 0.1) is 11.5 Å². The Morgan fingerprint density at radius 3 is 2.72 bits per heavy atom. The molecule has 0 spiro atoms. The van der Waals surface area contributed by atoms with Gasteiger partial charge in [0.2, 0.25) is 0 Å². The van der Waals surface area contributed by atoms with Gasteiger partial charge in [-0.3, -0.25) is 14.7 Å². The predicted molar refractivity (Wildman–Crippen MR) is 67.4 cm³/mol. The molecule has 0 aliphatic rings. The van der Waals surface area contributed by atoms with Gasteiger partial charge in [0.25, 0.3) is 5.69 Å². The van der Waals surface area contributed by atoms with Crippen molar-refractivity contribution < 1.29 is 4.92 Å². The Bertz CT molecular complexity index is 661. The van der Waals surface area contributed by atoms with Gasteiger partial charge in [0.1, 0.15) is 6.33 Å². The Balaban J connectivity index is 2.33. The molecular formula is C10H9BrN4O3. The van der Waals surface area contributed by atoms with E-state index in [1.807, 2.05) is 0 Å². The number of nitro benzene ring substituents is 1. The van der Waals surface area contributed by atoms with Crippen LogP contribution in [0, 0.1) is 10.1 Å². The maximum Gasteiger partial charge on any atom is 0.345 e. The SMILES string of the molecule is Cn1cnn(Cc2ccc([N+](=O)[O-])cc2Br)c1=O. The van der Waals surface area contributed by atoms with Gasteiger partial charge in [0.15, 0.2) is 0 Å². The highest BCUT2D eigenvalue weighted by Crippen LogP contribution is 2.23. The second-order valence-corrected chi connectivity index (χ2v) is 4.57. The van der Waals surface area contributed by atoms with Crippen molar-refractivity contribution in [2.45, 2.75) is 6.54 Å². The summed E-state index contributed by atoms with van der Waals surface area (Å²) in [5.74, 6) is 0. The van der Waals surface area contributed by atoms with E-state index in [-0.39, 0.29) is 17.9 Å². The van der Waals surface area contributed by atoms with Crippen molar-refractivity contribution in [2.75, 3.05) is 0 Å². The molecule has 1 aromatic carbocycles. The van der Waals surface area contributed by atoms with Gasteiger partial charge in [-0.05, 0) is 11.6 Å². The van der Waals surface area contributed by atoms with E-state index >= 15 is 0 Å². The molecular weight excluding hydrogens is 304 g/mol. The van der Waals surface area contributed by atoms with E-state index < -0.39 is 4.92 Å². The molecule has 0 bridgehead atoms. The number of nitrogens with zero attached hydrogens (tertiary/aromatic N) is 4. The van der Waals surface area contributed by atoms with Crippen molar-refractivity contribution in [1.29, 1.82) is 0 Å². The summed E-state index contributed by atoms with van der Waals surface area (Å²) in [7, 11) is 1.61. The summed E-state index contributed by atoms with van der Waals surface area (Å²) in [6.07, 6.45) is 1.42. The van der Waals surface area contributed by atoms with E-state index in [0.29, 0.717) is 4.47 Å². The lowest BCUT2D eigenvalue weighted by molar-refractivity contribution is -0.384. The Morgan fingerprint density at radius 1 is 1.50 bits per heavy atom. The fraction of sp³-hybridized carbons (Fsp3) is 0.200. The molecule has 0 N–H and O–H groups in total. The fourth-order valence-corrected chi connectivity index (χ4v) is 1.96. The average molecular weight is 313 g/mol. The van der Waals surface area contributed by atoms with Crippen LogP contribution in [0.15, 0.2) is 33.8 Å². The van der Waals surface area contributed by atoms with Gasteiger partial charge in [-0.2, -0.15) is 5.10 Å². The number of aryl methyl sites for hydroxylation is 1. The molecule has 0 saturated carbocycles. The first-order valence-corrected chi connectivity index (χ1v) is 5.79. The van der Waals surface area contributed by atoms with Gasteiger partial charge >= 0.3 is 5.69 Å². The van der Waals surface area contributed by atoms with Gasteiger partial charge in [0, 0.05) is 23.7 Å². The van der Waals surface area contributed by atoms with Crippen molar-refractivity contribution in [3.8, 4) is 0 Å². The van der Waals surface area contributed by atoms with Crippen LogP contribution in [-0.4, -0.2) is 19.3 Å². The molecule has 18 heavy (non-hydrogen) atoms. The van der Waals surface area contributed by atoms with Gasteiger partial charge in [-0.15, -0.1) is 0 Å². The lowest BCUT2D eigenvalue weighted by atomic mass is 10.2. The number of aromatic nitrogens is 3. The summed E-state index contributed by atoms with van der Waals surface area (Å²) >= 11 is 3.25. The van der Waals surface area contributed by atoms with Crippen molar-refractivity contribution in [1.82, 2.24) is 14.3 Å². The van der Waals surface area contributed by atoms with Crippen LogP contribution in [0.25, 0.3) is 0 Å². The summed E-state index contributed by atoms with van der Waals surface area (Å²) in [6.45, 7) is 0.262. The number of non-ortho nitro benzene ring substituents is 1. The predicted octanol–water partition coefficient (Wildman–Crippen LogP) is 1.30. The summed E-state index contributed by atoms with van der Waals surface area (Å²) in [5.41, 5.74) is 0.514. The first kappa shape index (κ1) is 12.5. The minimum Gasteiger partial charge on any atom is -0.285 e. The minimum absolute atomic E-state index is 0.000933. The van der Waals surface area contributed by atoms with Gasteiger partial charge in [-0.25, -0.2) is 9.48 Å². The van der Waals surface area contributed by atoms with E-state index in [1.165, 1.54) is 27.7 Å². The third kappa shape index (κ3) is 2.33. The van der Waals surface area contributed by atoms with Crippen molar-refractivity contribution in [2.24, 2.45) is 7.05 Å². The summed E-state index contributed by atoms with van der Waals surface area (Å²) in [4.78, 5) is 21.7. The first-order chi connectivity index (χ1) is 8.49. The van der Waals surface area contributed by atoms with Crippen molar-refractivity contribution >= 4 is 21.6 Å². The topological polar surface area (TPSA) is 83.0 Å². The number of rotatable bonds is 3. The van der Waals surface area contributed by atoms with E-state index in [9.17, 15) is 14.9 Å². The quantitative estimate of drug-likeness (QED) is 0.631. The van der Waals surface area contributed by atoms with Gasteiger partial charge < -0.3 is 0 Å². The van der Waals surface area contributed by atoms with Crippen LogP contribution in [0.1, 0.15) is 5.56 Å². The van der Waals surface area contributed by atoms with Gasteiger partial charge in [-0.1, -0.05) is 15.9 Å². The highest BCUT2D eigenvalue weighted by molar-refractivity contribution is 9.10. The molecule has 0 aliphatic carbocycles. The Labute approximate surface area is 110 Å². The number of hydrogen-bond acceptors (Lipinski definition) is 4. The number of benzene rings is 1. The number of nitro groups is 1. The average Bonchev–Trinajstić information content (AvgIpc) is 2.63. The van der Waals surface area contributed by atoms with Crippen LogP contribution < -0.4 is 5.69 Å². The van der Waals surface area contributed by atoms with Crippen LogP contribution in [0.3, 0.4) is 0 Å². The molecule has 7 nitrogen and oxygen atoms in total. The number of halogens is 1.